The first-order valence-corrected chi connectivity index (χ1v) is 5.06. The van der Waals surface area contributed by atoms with E-state index in [1.807, 2.05) is 0 Å². The normalized spacial score (nSPS) is 9.92. The molecule has 5 nitrogen and oxygen atoms in total. The molecular formula is C7H15NO4S. The van der Waals surface area contributed by atoms with Gasteiger partial charge in [-0.2, -0.15) is 8.42 Å². The summed E-state index contributed by atoms with van der Waals surface area (Å²) in [6, 6.07) is 0. The summed E-state index contributed by atoms with van der Waals surface area (Å²) in [6.07, 6.45) is 1.22. The molecule has 0 heterocycles. The predicted octanol–water partition coefficient (Wildman–Crippen LogP) is 0.201. The minimum atomic E-state index is -3.74. The zero-order valence-corrected chi connectivity index (χ0v) is 8.76. The Morgan fingerprint density at radius 2 is 1.85 bits per heavy atom. The SMILES string of the molecule is C=CC(=O)NC.CC(C)S(=O)(=O)O. The third-order valence-electron chi connectivity index (χ3n) is 1.03. The second kappa shape index (κ2) is 6.62. The maximum absolute atomic E-state index is 9.95. The molecular weight excluding hydrogens is 194 g/mol. The molecule has 0 aromatic rings. The minimum Gasteiger partial charge on any atom is -0.356 e. The lowest BCUT2D eigenvalue weighted by atomic mass is 10.6. The van der Waals surface area contributed by atoms with Gasteiger partial charge >= 0.3 is 0 Å². The molecule has 1 amide bonds. The third kappa shape index (κ3) is 11.1. The van der Waals surface area contributed by atoms with Crippen LogP contribution < -0.4 is 5.32 Å². The molecule has 0 rings (SSSR count). The second-order valence-electron chi connectivity index (χ2n) is 2.38. The Bertz CT molecular complexity index is 256. The lowest BCUT2D eigenvalue weighted by molar-refractivity contribution is -0.116. The van der Waals surface area contributed by atoms with Gasteiger partial charge in [0.2, 0.25) is 5.91 Å². The van der Waals surface area contributed by atoms with Gasteiger partial charge < -0.3 is 5.32 Å². The fraction of sp³-hybridized carbons (Fsp3) is 0.571. The molecule has 0 atom stereocenters. The maximum Gasteiger partial charge on any atom is 0.267 e. The van der Waals surface area contributed by atoms with Crippen molar-refractivity contribution in [2.45, 2.75) is 19.1 Å². The lowest BCUT2D eigenvalue weighted by Crippen LogP contribution is -2.13. The molecule has 6 heteroatoms. The van der Waals surface area contributed by atoms with E-state index in [-0.39, 0.29) is 5.91 Å². The molecule has 0 aromatic heterocycles. The van der Waals surface area contributed by atoms with Crippen LogP contribution in [-0.4, -0.2) is 31.2 Å². The molecule has 0 unspecified atom stereocenters. The number of likely N-dealkylation sites (N-methyl/N-ethyl adjacent to an activating group) is 1. The summed E-state index contributed by atoms with van der Waals surface area (Å²) in [5, 5.41) is 1.68. The smallest absolute Gasteiger partial charge is 0.267 e. The first-order chi connectivity index (χ1) is 5.75. The van der Waals surface area contributed by atoms with E-state index in [0.29, 0.717) is 0 Å². The van der Waals surface area contributed by atoms with Crippen molar-refractivity contribution in [2.75, 3.05) is 7.05 Å². The van der Waals surface area contributed by atoms with Crippen molar-refractivity contribution in [2.24, 2.45) is 0 Å². The summed E-state index contributed by atoms with van der Waals surface area (Å²) < 4.78 is 27.8. The molecule has 0 radical (unpaired) electrons. The van der Waals surface area contributed by atoms with Crippen molar-refractivity contribution >= 4 is 16.0 Å². The quantitative estimate of drug-likeness (QED) is 0.502. The van der Waals surface area contributed by atoms with Crippen LogP contribution >= 0.6 is 0 Å². The first-order valence-electron chi connectivity index (χ1n) is 3.56. The summed E-state index contributed by atoms with van der Waals surface area (Å²) >= 11 is 0. The van der Waals surface area contributed by atoms with Crippen LogP contribution in [0.15, 0.2) is 12.7 Å². The summed E-state index contributed by atoms with van der Waals surface area (Å²) in [6.45, 7) is 6.04. The summed E-state index contributed by atoms with van der Waals surface area (Å²) in [4.78, 5) is 9.95. The monoisotopic (exact) mass is 209 g/mol. The summed E-state index contributed by atoms with van der Waals surface area (Å²) in [5.41, 5.74) is 0. The van der Waals surface area contributed by atoms with Crippen LogP contribution in [0.1, 0.15) is 13.8 Å². The van der Waals surface area contributed by atoms with Crippen LogP contribution in [0, 0.1) is 0 Å². The van der Waals surface area contributed by atoms with Crippen molar-refractivity contribution in [3.8, 4) is 0 Å². The zero-order chi connectivity index (χ0) is 11.1. The molecule has 0 aromatic carbocycles. The molecule has 0 aliphatic heterocycles. The molecule has 2 N–H and O–H groups in total. The average molecular weight is 209 g/mol. The van der Waals surface area contributed by atoms with Gasteiger partial charge in [-0.3, -0.25) is 9.35 Å². The predicted molar refractivity (Wildman–Crippen MR) is 50.9 cm³/mol. The third-order valence-corrected chi connectivity index (χ3v) is 2.22. The molecule has 0 bridgehead atoms. The van der Waals surface area contributed by atoms with Crippen LogP contribution in [0.4, 0.5) is 0 Å². The molecule has 0 saturated heterocycles. The van der Waals surface area contributed by atoms with Crippen LogP contribution in [-0.2, 0) is 14.9 Å². The van der Waals surface area contributed by atoms with Crippen LogP contribution in [0.5, 0.6) is 0 Å². The Labute approximate surface area is 78.6 Å². The Hall–Kier alpha value is -0.880. The molecule has 0 saturated carbocycles. The molecule has 0 spiro atoms. The molecule has 0 aliphatic rings. The second-order valence-corrected chi connectivity index (χ2v) is 4.35. The van der Waals surface area contributed by atoms with E-state index in [2.05, 4.69) is 11.9 Å². The van der Waals surface area contributed by atoms with Gasteiger partial charge in [0.15, 0.2) is 0 Å². The number of carbonyl (C=O) groups is 1. The highest BCUT2D eigenvalue weighted by Crippen LogP contribution is 1.91. The van der Waals surface area contributed by atoms with Gasteiger partial charge in [0.25, 0.3) is 10.1 Å². The number of amides is 1. The van der Waals surface area contributed by atoms with Gasteiger partial charge in [-0.15, -0.1) is 0 Å². The van der Waals surface area contributed by atoms with Gasteiger partial charge in [0.1, 0.15) is 0 Å². The number of hydrogen-bond acceptors (Lipinski definition) is 3. The highest BCUT2D eigenvalue weighted by molar-refractivity contribution is 7.86. The fourth-order valence-electron chi connectivity index (χ4n) is 0.102. The van der Waals surface area contributed by atoms with E-state index in [4.69, 9.17) is 4.55 Å². The van der Waals surface area contributed by atoms with Crippen molar-refractivity contribution in [3.05, 3.63) is 12.7 Å². The van der Waals surface area contributed by atoms with Gasteiger partial charge in [-0.1, -0.05) is 6.58 Å². The lowest BCUT2D eigenvalue weighted by Gasteiger charge is -1.94. The van der Waals surface area contributed by atoms with Gasteiger partial charge in [0, 0.05) is 7.05 Å². The number of carbonyl (C=O) groups excluding carboxylic acids is 1. The van der Waals surface area contributed by atoms with Crippen LogP contribution in [0.25, 0.3) is 0 Å². The van der Waals surface area contributed by atoms with Gasteiger partial charge in [-0.25, -0.2) is 0 Å². The minimum absolute atomic E-state index is 0.144. The zero-order valence-electron chi connectivity index (χ0n) is 7.94. The average Bonchev–Trinajstić information content (AvgIpc) is 2.02. The maximum atomic E-state index is 9.95. The van der Waals surface area contributed by atoms with Crippen molar-refractivity contribution in [3.63, 3.8) is 0 Å². The van der Waals surface area contributed by atoms with E-state index in [1.165, 1.54) is 19.9 Å². The molecule has 78 valence electrons. The number of nitrogens with one attached hydrogen (secondary N) is 1. The van der Waals surface area contributed by atoms with Gasteiger partial charge in [-0.05, 0) is 19.9 Å². The number of hydrogen-bond donors (Lipinski definition) is 2. The van der Waals surface area contributed by atoms with E-state index in [1.54, 1.807) is 7.05 Å². The molecule has 0 fully saturated rings. The Balaban J connectivity index is 0. The van der Waals surface area contributed by atoms with Crippen molar-refractivity contribution in [1.29, 1.82) is 0 Å². The van der Waals surface area contributed by atoms with E-state index in [9.17, 15) is 13.2 Å². The molecule has 0 aliphatic carbocycles. The standard InChI is InChI=1S/C4H7NO.C3H8O3S/c1-3-4(6)5-2;1-3(2)7(4,5)6/h3H,1H2,2H3,(H,5,6);3H,1-2H3,(H,4,5,6). The molecule has 13 heavy (non-hydrogen) atoms. The largest absolute Gasteiger partial charge is 0.356 e. The fourth-order valence-corrected chi connectivity index (χ4v) is 0.102. The highest BCUT2D eigenvalue weighted by Gasteiger charge is 2.08. The first kappa shape index (κ1) is 14.6. The summed E-state index contributed by atoms with van der Waals surface area (Å²) in [5.74, 6) is -0.144. The van der Waals surface area contributed by atoms with E-state index >= 15 is 0 Å². The van der Waals surface area contributed by atoms with Crippen molar-refractivity contribution in [1.82, 2.24) is 5.32 Å². The van der Waals surface area contributed by atoms with Gasteiger partial charge in [0.05, 0.1) is 5.25 Å². The number of rotatable bonds is 2. The highest BCUT2D eigenvalue weighted by atomic mass is 32.2. The van der Waals surface area contributed by atoms with Crippen molar-refractivity contribution < 1.29 is 17.8 Å². The van der Waals surface area contributed by atoms with E-state index in [0.717, 1.165) is 0 Å². The topological polar surface area (TPSA) is 83.5 Å². The Morgan fingerprint density at radius 3 is 1.85 bits per heavy atom. The van der Waals surface area contributed by atoms with Crippen LogP contribution in [0.2, 0.25) is 0 Å². The Morgan fingerprint density at radius 1 is 1.54 bits per heavy atom. The van der Waals surface area contributed by atoms with Crippen LogP contribution in [0.3, 0.4) is 0 Å². The Kier molecular flexibility index (Phi) is 7.45. The van der Waals surface area contributed by atoms with E-state index < -0.39 is 15.4 Å². The summed E-state index contributed by atoms with van der Waals surface area (Å²) in [7, 11) is -2.18.